The van der Waals surface area contributed by atoms with E-state index >= 15 is 0 Å². The lowest BCUT2D eigenvalue weighted by Crippen LogP contribution is -2.43. The highest BCUT2D eigenvalue weighted by molar-refractivity contribution is 5.76. The highest BCUT2D eigenvalue weighted by Crippen LogP contribution is 2.20. The van der Waals surface area contributed by atoms with Gasteiger partial charge in [-0.25, -0.2) is 0 Å². The van der Waals surface area contributed by atoms with Gasteiger partial charge in [0, 0.05) is 25.0 Å². The molecule has 1 heterocycles. The van der Waals surface area contributed by atoms with Crippen LogP contribution >= 0.6 is 0 Å². The van der Waals surface area contributed by atoms with E-state index in [1.807, 2.05) is 13.8 Å². The quantitative estimate of drug-likeness (QED) is 0.740. The van der Waals surface area contributed by atoms with Gasteiger partial charge in [-0.15, -0.1) is 0 Å². The molecule has 0 bridgehead atoms. The summed E-state index contributed by atoms with van der Waals surface area (Å²) in [7, 11) is 1.42. The van der Waals surface area contributed by atoms with E-state index in [4.69, 9.17) is 4.74 Å². The van der Waals surface area contributed by atoms with Crippen molar-refractivity contribution in [3.05, 3.63) is 0 Å². The van der Waals surface area contributed by atoms with E-state index in [9.17, 15) is 9.59 Å². The zero-order valence-corrected chi connectivity index (χ0v) is 12.3. The Hall–Kier alpha value is -1.10. The number of nitrogens with zero attached hydrogens (tertiary/aromatic N) is 1. The molecule has 1 N–H and O–H groups in total. The first-order valence-electron chi connectivity index (χ1n) is 7.13. The Morgan fingerprint density at radius 1 is 1.37 bits per heavy atom. The first-order valence-corrected chi connectivity index (χ1v) is 7.13. The summed E-state index contributed by atoms with van der Waals surface area (Å²) < 4.78 is 4.73. The van der Waals surface area contributed by atoms with Crippen molar-refractivity contribution in [2.24, 2.45) is 0 Å². The number of esters is 1. The predicted molar refractivity (Wildman–Crippen MR) is 73.7 cm³/mol. The van der Waals surface area contributed by atoms with E-state index in [2.05, 4.69) is 10.2 Å². The van der Waals surface area contributed by atoms with Crippen LogP contribution in [-0.2, 0) is 14.3 Å². The summed E-state index contributed by atoms with van der Waals surface area (Å²) in [6, 6.07) is 0.410. The van der Waals surface area contributed by atoms with E-state index in [1.165, 1.54) is 7.11 Å². The number of hydrogen-bond donors (Lipinski definition) is 1. The Bertz CT molecular complexity index is 305. The molecule has 0 aromatic heterocycles. The minimum atomic E-state index is -0.163. The molecule has 0 spiro atoms. The van der Waals surface area contributed by atoms with Crippen LogP contribution in [0.15, 0.2) is 0 Å². The lowest BCUT2D eigenvalue weighted by Gasteiger charge is -2.35. The largest absolute Gasteiger partial charge is 0.469 e. The van der Waals surface area contributed by atoms with Crippen molar-refractivity contribution in [2.45, 2.75) is 58.0 Å². The van der Waals surface area contributed by atoms with Crippen LogP contribution in [0.2, 0.25) is 0 Å². The normalized spacial score (nSPS) is 20.3. The van der Waals surface area contributed by atoms with Crippen molar-refractivity contribution >= 4 is 11.9 Å². The standard InChI is InChI=1S/C14H26N2O3/c1-11(2)15-13(17)7-9-16-8-5-4-6-12(16)10-14(18)19-3/h11-12H,4-10H2,1-3H3,(H,15,17). The molecular weight excluding hydrogens is 244 g/mol. The number of piperidine rings is 1. The van der Waals surface area contributed by atoms with E-state index in [-0.39, 0.29) is 24.0 Å². The summed E-state index contributed by atoms with van der Waals surface area (Å²) in [4.78, 5) is 25.3. The van der Waals surface area contributed by atoms with Gasteiger partial charge in [0.1, 0.15) is 0 Å². The molecule has 0 radical (unpaired) electrons. The van der Waals surface area contributed by atoms with Crippen LogP contribution in [0.1, 0.15) is 46.0 Å². The second-order valence-corrected chi connectivity index (χ2v) is 5.44. The molecule has 1 atom stereocenters. The van der Waals surface area contributed by atoms with Crippen LogP contribution < -0.4 is 5.32 Å². The highest BCUT2D eigenvalue weighted by atomic mass is 16.5. The van der Waals surface area contributed by atoms with Gasteiger partial charge in [0.15, 0.2) is 0 Å². The first kappa shape index (κ1) is 16.0. The Balaban J connectivity index is 2.39. The van der Waals surface area contributed by atoms with Crippen molar-refractivity contribution < 1.29 is 14.3 Å². The van der Waals surface area contributed by atoms with Crippen molar-refractivity contribution in [1.29, 1.82) is 0 Å². The van der Waals surface area contributed by atoms with Gasteiger partial charge in [0.05, 0.1) is 13.5 Å². The number of hydrogen-bond acceptors (Lipinski definition) is 4. The van der Waals surface area contributed by atoms with Gasteiger partial charge in [-0.3, -0.25) is 14.5 Å². The Labute approximate surface area is 115 Å². The van der Waals surface area contributed by atoms with Crippen molar-refractivity contribution in [3.8, 4) is 0 Å². The summed E-state index contributed by atoms with van der Waals surface area (Å²) in [5, 5.41) is 2.89. The first-order chi connectivity index (χ1) is 9.02. The van der Waals surface area contributed by atoms with E-state index in [0.29, 0.717) is 12.8 Å². The summed E-state index contributed by atoms with van der Waals surface area (Å²) in [5.41, 5.74) is 0. The number of methoxy groups -OCH3 is 1. The van der Waals surface area contributed by atoms with Crippen molar-refractivity contribution in [1.82, 2.24) is 10.2 Å². The van der Waals surface area contributed by atoms with Gasteiger partial charge >= 0.3 is 5.97 Å². The smallest absolute Gasteiger partial charge is 0.307 e. The minimum absolute atomic E-state index is 0.0809. The summed E-state index contributed by atoms with van der Waals surface area (Å²) in [6.07, 6.45) is 4.23. The van der Waals surface area contributed by atoms with Gasteiger partial charge in [-0.05, 0) is 33.2 Å². The highest BCUT2D eigenvalue weighted by Gasteiger charge is 2.25. The van der Waals surface area contributed by atoms with Gasteiger partial charge in [-0.1, -0.05) is 6.42 Å². The predicted octanol–water partition coefficient (Wildman–Crippen LogP) is 1.32. The van der Waals surface area contributed by atoms with Crippen molar-refractivity contribution in [2.75, 3.05) is 20.2 Å². The molecule has 0 aromatic rings. The van der Waals surface area contributed by atoms with Crippen LogP contribution in [-0.4, -0.2) is 49.1 Å². The number of carbonyl (C=O) groups is 2. The number of likely N-dealkylation sites (tertiary alicyclic amines) is 1. The second kappa shape index (κ2) is 8.15. The van der Waals surface area contributed by atoms with Crippen LogP contribution in [0, 0.1) is 0 Å². The monoisotopic (exact) mass is 270 g/mol. The van der Waals surface area contributed by atoms with Crippen LogP contribution in [0.4, 0.5) is 0 Å². The summed E-state index contributed by atoms with van der Waals surface area (Å²) >= 11 is 0. The number of ether oxygens (including phenoxy) is 1. The molecule has 0 aliphatic carbocycles. The average Bonchev–Trinajstić information content (AvgIpc) is 2.36. The fourth-order valence-corrected chi connectivity index (χ4v) is 2.50. The van der Waals surface area contributed by atoms with E-state index in [0.717, 1.165) is 32.4 Å². The third kappa shape index (κ3) is 6.05. The number of carbonyl (C=O) groups excluding carboxylic acids is 2. The molecule has 5 nitrogen and oxygen atoms in total. The molecule has 1 aliphatic heterocycles. The maximum atomic E-state index is 11.7. The molecule has 1 aliphatic rings. The van der Waals surface area contributed by atoms with Crippen LogP contribution in [0.25, 0.3) is 0 Å². The maximum Gasteiger partial charge on any atom is 0.307 e. The third-order valence-electron chi connectivity index (χ3n) is 3.45. The van der Waals surface area contributed by atoms with Gasteiger partial charge < -0.3 is 10.1 Å². The molecule has 110 valence electrons. The lowest BCUT2D eigenvalue weighted by molar-refractivity contribution is -0.142. The molecule has 1 unspecified atom stereocenters. The Kier molecular flexibility index (Phi) is 6.84. The van der Waals surface area contributed by atoms with Gasteiger partial charge in [0.25, 0.3) is 0 Å². The minimum Gasteiger partial charge on any atom is -0.469 e. The molecule has 0 saturated carbocycles. The molecule has 0 aromatic carbocycles. The zero-order valence-electron chi connectivity index (χ0n) is 12.3. The number of amides is 1. The average molecular weight is 270 g/mol. The fourth-order valence-electron chi connectivity index (χ4n) is 2.50. The molecular formula is C14H26N2O3. The van der Waals surface area contributed by atoms with Crippen molar-refractivity contribution in [3.63, 3.8) is 0 Å². The molecule has 1 saturated heterocycles. The molecule has 1 rings (SSSR count). The van der Waals surface area contributed by atoms with Crippen LogP contribution in [0.3, 0.4) is 0 Å². The zero-order chi connectivity index (χ0) is 14.3. The van der Waals surface area contributed by atoms with Gasteiger partial charge in [0.2, 0.25) is 5.91 Å². The second-order valence-electron chi connectivity index (χ2n) is 5.44. The summed E-state index contributed by atoms with van der Waals surface area (Å²) in [6.45, 7) is 5.61. The SMILES string of the molecule is COC(=O)CC1CCCCN1CCC(=O)NC(C)C. The number of rotatable bonds is 6. The topological polar surface area (TPSA) is 58.6 Å². The van der Waals surface area contributed by atoms with E-state index < -0.39 is 0 Å². The summed E-state index contributed by atoms with van der Waals surface area (Å²) in [5.74, 6) is -0.0825. The van der Waals surface area contributed by atoms with E-state index in [1.54, 1.807) is 0 Å². The molecule has 1 fully saturated rings. The lowest BCUT2D eigenvalue weighted by atomic mass is 9.99. The molecule has 19 heavy (non-hydrogen) atoms. The Morgan fingerprint density at radius 2 is 2.11 bits per heavy atom. The molecule has 5 heteroatoms. The third-order valence-corrected chi connectivity index (χ3v) is 3.45. The fraction of sp³-hybridized carbons (Fsp3) is 0.857. The maximum absolute atomic E-state index is 11.7. The number of nitrogens with one attached hydrogen (secondary N) is 1. The Morgan fingerprint density at radius 3 is 2.74 bits per heavy atom. The van der Waals surface area contributed by atoms with Crippen LogP contribution in [0.5, 0.6) is 0 Å². The molecule has 1 amide bonds. The van der Waals surface area contributed by atoms with Gasteiger partial charge in [-0.2, -0.15) is 0 Å².